The van der Waals surface area contributed by atoms with Crippen molar-refractivity contribution in [3.8, 4) is 0 Å². The molecule has 0 fully saturated rings. The van der Waals surface area contributed by atoms with Gasteiger partial charge in [0.05, 0.1) is 5.69 Å². The lowest BCUT2D eigenvalue weighted by Gasteiger charge is -2.25. The normalized spacial score (nSPS) is 15.1. The molecular weight excluding hydrogens is 248 g/mol. The van der Waals surface area contributed by atoms with Crippen molar-refractivity contribution in [3.05, 3.63) is 17.0 Å². The van der Waals surface area contributed by atoms with Crippen LogP contribution in [0.25, 0.3) is 0 Å². The summed E-state index contributed by atoms with van der Waals surface area (Å²) in [6.07, 6.45) is 0.427. The average molecular weight is 268 g/mol. The van der Waals surface area contributed by atoms with Gasteiger partial charge < -0.3 is 20.8 Å². The number of hydrogen-bond acceptors (Lipinski definition) is 5. The molecule has 0 saturated heterocycles. The Morgan fingerprint density at radius 3 is 2.63 bits per heavy atom. The summed E-state index contributed by atoms with van der Waals surface area (Å²) in [6.45, 7) is 7.32. The summed E-state index contributed by atoms with van der Waals surface area (Å²) in [5.41, 5.74) is 6.12. The van der Waals surface area contributed by atoms with Gasteiger partial charge in [-0.2, -0.15) is 0 Å². The lowest BCUT2D eigenvalue weighted by Crippen LogP contribution is -2.47. The van der Waals surface area contributed by atoms with Crippen LogP contribution in [0.5, 0.6) is 0 Å². The molecule has 1 heterocycles. The van der Waals surface area contributed by atoms with E-state index in [2.05, 4.69) is 15.6 Å². The maximum absolute atomic E-state index is 12.2. The van der Waals surface area contributed by atoms with E-state index < -0.39 is 5.41 Å². The number of oxime groups is 1. The molecular formula is C12H20N4O3. The second-order valence-corrected chi connectivity index (χ2v) is 4.66. The first-order valence-electron chi connectivity index (χ1n) is 6.04. The van der Waals surface area contributed by atoms with Crippen LogP contribution in [0.4, 0.5) is 0 Å². The van der Waals surface area contributed by atoms with Gasteiger partial charge in [0, 0.05) is 12.1 Å². The van der Waals surface area contributed by atoms with Crippen molar-refractivity contribution >= 4 is 11.7 Å². The van der Waals surface area contributed by atoms with Crippen LogP contribution in [0.2, 0.25) is 0 Å². The number of hydrogen-bond donors (Lipinski definition) is 3. The summed E-state index contributed by atoms with van der Waals surface area (Å²) in [5, 5.41) is 18.3. The first kappa shape index (κ1) is 15.0. The Morgan fingerprint density at radius 1 is 1.58 bits per heavy atom. The quantitative estimate of drug-likeness (QED) is 0.320. The Labute approximate surface area is 111 Å². The van der Waals surface area contributed by atoms with Crippen molar-refractivity contribution in [3.63, 3.8) is 0 Å². The second-order valence-electron chi connectivity index (χ2n) is 4.66. The van der Waals surface area contributed by atoms with Crippen molar-refractivity contribution in [2.45, 2.75) is 40.7 Å². The molecule has 7 nitrogen and oxygen atoms in total. The Bertz CT molecular complexity index is 476. The molecule has 1 aromatic rings. The molecule has 0 bridgehead atoms. The zero-order valence-corrected chi connectivity index (χ0v) is 11.6. The van der Waals surface area contributed by atoms with Crippen LogP contribution in [0, 0.1) is 19.3 Å². The molecule has 19 heavy (non-hydrogen) atoms. The third-order valence-corrected chi connectivity index (χ3v) is 3.49. The molecule has 0 aliphatic rings. The lowest BCUT2D eigenvalue weighted by atomic mass is 9.85. The number of aromatic nitrogens is 1. The minimum atomic E-state index is -1.03. The molecule has 0 radical (unpaired) electrons. The number of rotatable bonds is 5. The van der Waals surface area contributed by atoms with E-state index in [1.165, 1.54) is 0 Å². The molecule has 0 aliphatic heterocycles. The number of carbonyl (C=O) groups excluding carboxylic acids is 1. The van der Waals surface area contributed by atoms with Gasteiger partial charge in [-0.05, 0) is 27.2 Å². The smallest absolute Gasteiger partial charge is 0.233 e. The summed E-state index contributed by atoms with van der Waals surface area (Å²) in [7, 11) is 0. The fraction of sp³-hybridized carbons (Fsp3) is 0.583. The number of amidine groups is 1. The zero-order chi connectivity index (χ0) is 14.6. The van der Waals surface area contributed by atoms with E-state index in [9.17, 15) is 4.79 Å². The van der Waals surface area contributed by atoms with Crippen molar-refractivity contribution in [1.29, 1.82) is 0 Å². The molecule has 0 saturated carbocycles. The Hall–Kier alpha value is -2.05. The fourth-order valence-corrected chi connectivity index (χ4v) is 1.69. The second kappa shape index (κ2) is 5.73. The van der Waals surface area contributed by atoms with Crippen molar-refractivity contribution in [1.82, 2.24) is 10.5 Å². The predicted octanol–water partition coefficient (Wildman–Crippen LogP) is 1.07. The number of nitrogens with two attached hydrogens (primary N) is 1. The van der Waals surface area contributed by atoms with E-state index in [0.29, 0.717) is 18.7 Å². The molecule has 0 aliphatic carbocycles. The molecule has 0 aromatic carbocycles. The lowest BCUT2D eigenvalue weighted by molar-refractivity contribution is -0.127. The van der Waals surface area contributed by atoms with E-state index >= 15 is 0 Å². The molecule has 1 rings (SSSR count). The average Bonchev–Trinajstić information content (AvgIpc) is 2.73. The van der Waals surface area contributed by atoms with Gasteiger partial charge in [0.25, 0.3) is 0 Å². The van der Waals surface area contributed by atoms with Gasteiger partial charge in [-0.25, -0.2) is 0 Å². The Balaban J connectivity index is 2.80. The van der Waals surface area contributed by atoms with Gasteiger partial charge >= 0.3 is 0 Å². The third kappa shape index (κ3) is 2.86. The van der Waals surface area contributed by atoms with Gasteiger partial charge in [-0.3, -0.25) is 4.79 Å². The molecule has 1 unspecified atom stereocenters. The van der Waals surface area contributed by atoms with Crippen molar-refractivity contribution < 1.29 is 14.5 Å². The molecule has 1 aromatic heterocycles. The SMILES string of the molecule is CCC(C)(C(=O)NCc1c(C)noc1C)C(N)=NO. The first-order chi connectivity index (χ1) is 8.86. The Morgan fingerprint density at radius 2 is 2.21 bits per heavy atom. The van der Waals surface area contributed by atoms with Crippen molar-refractivity contribution in [2.75, 3.05) is 0 Å². The number of carbonyl (C=O) groups is 1. The van der Waals surface area contributed by atoms with E-state index in [-0.39, 0.29) is 11.7 Å². The minimum Gasteiger partial charge on any atom is -0.409 e. The monoisotopic (exact) mass is 268 g/mol. The van der Waals surface area contributed by atoms with E-state index in [0.717, 1.165) is 11.3 Å². The van der Waals surface area contributed by atoms with Gasteiger partial charge in [-0.15, -0.1) is 0 Å². The first-order valence-corrected chi connectivity index (χ1v) is 6.04. The molecule has 1 amide bonds. The maximum atomic E-state index is 12.2. The number of aryl methyl sites for hydroxylation is 2. The van der Waals surface area contributed by atoms with Gasteiger partial charge in [0.1, 0.15) is 11.2 Å². The highest BCUT2D eigenvalue weighted by atomic mass is 16.5. The minimum absolute atomic E-state index is 0.105. The Kier molecular flexibility index (Phi) is 4.52. The van der Waals surface area contributed by atoms with Crippen LogP contribution in [-0.4, -0.2) is 22.1 Å². The molecule has 106 valence electrons. The largest absolute Gasteiger partial charge is 0.409 e. The number of nitrogens with one attached hydrogen (secondary N) is 1. The van der Waals surface area contributed by atoms with Gasteiger partial charge in [0.2, 0.25) is 5.91 Å². The molecule has 7 heteroatoms. The highest BCUT2D eigenvalue weighted by molar-refractivity contribution is 6.06. The summed E-state index contributed by atoms with van der Waals surface area (Å²) in [6, 6.07) is 0. The van der Waals surface area contributed by atoms with Crippen LogP contribution in [0.15, 0.2) is 9.68 Å². The van der Waals surface area contributed by atoms with Crippen LogP contribution in [-0.2, 0) is 11.3 Å². The van der Waals surface area contributed by atoms with Crippen molar-refractivity contribution in [2.24, 2.45) is 16.3 Å². The summed E-state index contributed by atoms with van der Waals surface area (Å²) in [4.78, 5) is 12.2. The van der Waals surface area contributed by atoms with Crippen LogP contribution in [0.3, 0.4) is 0 Å². The molecule has 4 N–H and O–H groups in total. The van der Waals surface area contributed by atoms with E-state index in [1.807, 2.05) is 0 Å². The third-order valence-electron chi connectivity index (χ3n) is 3.49. The highest BCUT2D eigenvalue weighted by Crippen LogP contribution is 2.22. The number of amides is 1. The van der Waals surface area contributed by atoms with E-state index in [4.69, 9.17) is 15.5 Å². The molecule has 1 atom stereocenters. The topological polar surface area (TPSA) is 114 Å². The fourth-order valence-electron chi connectivity index (χ4n) is 1.69. The van der Waals surface area contributed by atoms with Crippen LogP contribution >= 0.6 is 0 Å². The molecule has 0 spiro atoms. The highest BCUT2D eigenvalue weighted by Gasteiger charge is 2.36. The summed E-state index contributed by atoms with van der Waals surface area (Å²) >= 11 is 0. The summed E-state index contributed by atoms with van der Waals surface area (Å²) < 4.78 is 5.02. The van der Waals surface area contributed by atoms with Gasteiger partial charge in [-0.1, -0.05) is 17.2 Å². The predicted molar refractivity (Wildman–Crippen MR) is 69.6 cm³/mol. The summed E-state index contributed by atoms with van der Waals surface area (Å²) in [5.74, 6) is 0.261. The van der Waals surface area contributed by atoms with Gasteiger partial charge in [0.15, 0.2) is 5.84 Å². The maximum Gasteiger partial charge on any atom is 0.233 e. The van der Waals surface area contributed by atoms with E-state index in [1.54, 1.807) is 27.7 Å². The zero-order valence-electron chi connectivity index (χ0n) is 11.6. The number of nitrogens with zero attached hydrogens (tertiary/aromatic N) is 2. The van der Waals surface area contributed by atoms with Crippen LogP contribution in [0.1, 0.15) is 37.3 Å². The standard InChI is InChI=1S/C12H20N4O3/c1-5-12(4,10(13)15-18)11(17)14-6-9-7(2)16-19-8(9)3/h18H,5-6H2,1-4H3,(H2,13,15)(H,14,17). The van der Waals surface area contributed by atoms with Crippen LogP contribution < -0.4 is 11.1 Å².